The van der Waals surface area contributed by atoms with E-state index in [4.69, 9.17) is 4.74 Å². The summed E-state index contributed by atoms with van der Waals surface area (Å²) in [6, 6.07) is 12.5. The highest BCUT2D eigenvalue weighted by atomic mass is 19.4. The Balaban J connectivity index is 1.54. The Morgan fingerprint density at radius 1 is 1.03 bits per heavy atom. The number of hydrogen-bond donors (Lipinski definition) is 0. The number of nitrogens with zero attached hydrogens (tertiary/aromatic N) is 3. The van der Waals surface area contributed by atoms with Gasteiger partial charge in [-0.05, 0) is 41.5 Å². The number of fused-ring (bicyclic) bond motifs is 1. The molecule has 0 radical (unpaired) electrons. The summed E-state index contributed by atoms with van der Waals surface area (Å²) in [6.07, 6.45) is -2.04. The van der Waals surface area contributed by atoms with Crippen molar-refractivity contribution in [3.63, 3.8) is 0 Å². The van der Waals surface area contributed by atoms with Crippen molar-refractivity contribution >= 4 is 6.09 Å². The molecule has 1 aromatic heterocycles. The van der Waals surface area contributed by atoms with Crippen LogP contribution >= 0.6 is 0 Å². The first-order valence-corrected chi connectivity index (χ1v) is 8.59. The Labute approximate surface area is 163 Å². The van der Waals surface area contributed by atoms with Crippen LogP contribution in [0.2, 0.25) is 0 Å². The van der Waals surface area contributed by atoms with E-state index in [1.807, 2.05) is 6.07 Å². The van der Waals surface area contributed by atoms with Crippen LogP contribution in [-0.2, 0) is 13.1 Å². The Kier molecular flexibility index (Phi) is 4.79. The van der Waals surface area contributed by atoms with E-state index in [1.54, 1.807) is 30.6 Å². The quantitative estimate of drug-likeness (QED) is 0.642. The molecule has 1 amide bonds. The summed E-state index contributed by atoms with van der Waals surface area (Å²) in [6.45, 7) is 0.502. The molecular formula is C20H14F3N3O3. The molecule has 29 heavy (non-hydrogen) atoms. The number of carbonyl (C=O) groups excluding carboxylic acids is 1. The second-order valence-corrected chi connectivity index (χ2v) is 6.28. The maximum atomic E-state index is 12.3. The molecule has 148 valence electrons. The highest BCUT2D eigenvalue weighted by molar-refractivity contribution is 5.75. The predicted molar refractivity (Wildman–Crippen MR) is 95.9 cm³/mol. The van der Waals surface area contributed by atoms with Crippen LogP contribution in [0, 0.1) is 0 Å². The van der Waals surface area contributed by atoms with Gasteiger partial charge in [-0.15, -0.1) is 13.2 Å². The molecule has 3 aromatic rings. The fourth-order valence-corrected chi connectivity index (χ4v) is 2.96. The molecule has 6 nitrogen and oxygen atoms in total. The number of halogens is 3. The van der Waals surface area contributed by atoms with Gasteiger partial charge >= 0.3 is 12.5 Å². The molecule has 1 aliphatic heterocycles. The van der Waals surface area contributed by atoms with Gasteiger partial charge in [0.1, 0.15) is 17.3 Å². The summed E-state index contributed by atoms with van der Waals surface area (Å²) < 4.78 is 46.2. The third kappa shape index (κ3) is 4.45. The zero-order chi connectivity index (χ0) is 20.4. The molecule has 4 rings (SSSR count). The van der Waals surface area contributed by atoms with Crippen LogP contribution in [0.4, 0.5) is 18.0 Å². The monoisotopic (exact) mass is 401 g/mol. The number of ether oxygens (including phenoxy) is 2. The third-order valence-corrected chi connectivity index (χ3v) is 4.25. The van der Waals surface area contributed by atoms with E-state index in [2.05, 4.69) is 14.7 Å². The minimum Gasteiger partial charge on any atom is -0.410 e. The number of aromatic nitrogens is 2. The van der Waals surface area contributed by atoms with Crippen LogP contribution < -0.4 is 9.47 Å². The maximum Gasteiger partial charge on any atom is 0.573 e. The first kappa shape index (κ1) is 18.7. The molecule has 9 heteroatoms. The smallest absolute Gasteiger partial charge is 0.410 e. The molecule has 2 heterocycles. The predicted octanol–water partition coefficient (Wildman–Crippen LogP) is 4.56. The van der Waals surface area contributed by atoms with Gasteiger partial charge in [0.2, 0.25) is 0 Å². The van der Waals surface area contributed by atoms with Crippen molar-refractivity contribution in [3.8, 4) is 22.6 Å². The normalized spacial score (nSPS) is 13.6. The van der Waals surface area contributed by atoms with Gasteiger partial charge in [-0.25, -0.2) is 14.8 Å². The Hall–Kier alpha value is -3.62. The topological polar surface area (TPSA) is 64.6 Å². The van der Waals surface area contributed by atoms with E-state index in [0.717, 1.165) is 11.1 Å². The van der Waals surface area contributed by atoms with Gasteiger partial charge in [-0.3, -0.25) is 4.90 Å². The van der Waals surface area contributed by atoms with E-state index < -0.39 is 12.5 Å². The summed E-state index contributed by atoms with van der Waals surface area (Å²) in [5.41, 5.74) is 2.25. The lowest BCUT2D eigenvalue weighted by atomic mass is 10.0. The fraction of sp³-hybridized carbons (Fsp3) is 0.150. The van der Waals surface area contributed by atoms with Crippen molar-refractivity contribution in [2.75, 3.05) is 0 Å². The highest BCUT2D eigenvalue weighted by Gasteiger charge is 2.31. The molecule has 0 saturated carbocycles. The molecule has 0 spiro atoms. The van der Waals surface area contributed by atoms with E-state index in [0.29, 0.717) is 23.7 Å². The lowest BCUT2D eigenvalue weighted by Crippen LogP contribution is -2.36. The molecule has 0 N–H and O–H groups in total. The molecule has 1 aliphatic rings. The van der Waals surface area contributed by atoms with Crippen LogP contribution in [0.15, 0.2) is 60.9 Å². The summed E-state index contributed by atoms with van der Waals surface area (Å²) in [7, 11) is 0. The molecule has 0 atom stereocenters. The average molecular weight is 401 g/mol. The largest absolute Gasteiger partial charge is 0.573 e. The van der Waals surface area contributed by atoms with Crippen molar-refractivity contribution in [2.45, 2.75) is 19.5 Å². The van der Waals surface area contributed by atoms with Crippen molar-refractivity contribution in [2.24, 2.45) is 0 Å². The van der Waals surface area contributed by atoms with Crippen molar-refractivity contribution in [1.82, 2.24) is 14.9 Å². The van der Waals surface area contributed by atoms with Crippen molar-refractivity contribution in [3.05, 3.63) is 72.3 Å². The Bertz CT molecular complexity index is 1020. The van der Waals surface area contributed by atoms with Gasteiger partial charge in [0.15, 0.2) is 0 Å². The fourth-order valence-electron chi connectivity index (χ4n) is 2.96. The second kappa shape index (κ2) is 7.42. The minimum atomic E-state index is -4.73. The van der Waals surface area contributed by atoms with Crippen LogP contribution in [0.1, 0.15) is 11.4 Å². The van der Waals surface area contributed by atoms with Crippen LogP contribution in [0.25, 0.3) is 11.1 Å². The number of carbonyl (C=O) groups is 1. The lowest BCUT2D eigenvalue weighted by molar-refractivity contribution is -0.274. The second-order valence-electron chi connectivity index (χ2n) is 6.28. The molecule has 2 aromatic carbocycles. The lowest BCUT2D eigenvalue weighted by Gasteiger charge is -2.27. The minimum absolute atomic E-state index is 0.201. The van der Waals surface area contributed by atoms with Crippen LogP contribution in [0.5, 0.6) is 11.5 Å². The molecule has 0 fully saturated rings. The zero-order valence-electron chi connectivity index (χ0n) is 14.9. The summed E-state index contributed by atoms with van der Waals surface area (Å²) in [5.74, 6) is 0.646. The zero-order valence-corrected chi connectivity index (χ0v) is 14.9. The number of hydrogen-bond acceptors (Lipinski definition) is 5. The standard InChI is InChI=1S/C20H14F3N3O3/c21-20(22,23)29-16-5-2-13(3-6-16)14-4-7-17-15(10-14)11-26(19(27)28-17)12-18-24-8-1-9-25-18/h1-10H,11-12H2. The summed E-state index contributed by atoms with van der Waals surface area (Å²) >= 11 is 0. The Morgan fingerprint density at radius 3 is 2.41 bits per heavy atom. The molecule has 0 saturated heterocycles. The van der Waals surface area contributed by atoms with E-state index >= 15 is 0 Å². The highest BCUT2D eigenvalue weighted by Crippen LogP contribution is 2.32. The number of alkyl halides is 3. The van der Waals surface area contributed by atoms with E-state index in [-0.39, 0.29) is 12.3 Å². The van der Waals surface area contributed by atoms with Gasteiger partial charge in [0, 0.05) is 18.0 Å². The van der Waals surface area contributed by atoms with Gasteiger partial charge < -0.3 is 9.47 Å². The SMILES string of the molecule is O=C1Oc2ccc(-c3ccc(OC(F)(F)F)cc3)cc2CN1Cc1ncccn1. The van der Waals surface area contributed by atoms with Crippen LogP contribution in [-0.4, -0.2) is 27.3 Å². The van der Waals surface area contributed by atoms with Gasteiger partial charge in [0.05, 0.1) is 13.1 Å². The molecule has 0 aliphatic carbocycles. The maximum absolute atomic E-state index is 12.3. The number of benzene rings is 2. The number of amides is 1. The third-order valence-electron chi connectivity index (χ3n) is 4.25. The first-order chi connectivity index (χ1) is 13.9. The van der Waals surface area contributed by atoms with E-state index in [1.165, 1.54) is 29.2 Å². The van der Waals surface area contributed by atoms with Crippen molar-refractivity contribution in [1.29, 1.82) is 0 Å². The molecule has 0 unspecified atom stereocenters. The molecular weight excluding hydrogens is 387 g/mol. The number of rotatable bonds is 4. The first-order valence-electron chi connectivity index (χ1n) is 8.59. The molecule has 0 bridgehead atoms. The summed E-state index contributed by atoms with van der Waals surface area (Å²) in [5, 5.41) is 0. The van der Waals surface area contributed by atoms with E-state index in [9.17, 15) is 18.0 Å². The van der Waals surface area contributed by atoms with Gasteiger partial charge in [-0.1, -0.05) is 18.2 Å². The van der Waals surface area contributed by atoms with Crippen molar-refractivity contribution < 1.29 is 27.4 Å². The Morgan fingerprint density at radius 2 is 1.72 bits per heavy atom. The summed E-state index contributed by atoms with van der Waals surface area (Å²) in [4.78, 5) is 21.9. The van der Waals surface area contributed by atoms with Crippen LogP contribution in [0.3, 0.4) is 0 Å². The van der Waals surface area contributed by atoms with Gasteiger partial charge in [-0.2, -0.15) is 0 Å². The van der Waals surface area contributed by atoms with Gasteiger partial charge in [0.25, 0.3) is 0 Å². The average Bonchev–Trinajstić information content (AvgIpc) is 2.68.